The van der Waals surface area contributed by atoms with E-state index in [9.17, 15) is 0 Å². The van der Waals surface area contributed by atoms with E-state index in [2.05, 4.69) is 57.3 Å². The van der Waals surface area contributed by atoms with E-state index in [-0.39, 0.29) is 0 Å². The maximum atomic E-state index is 5.00. The summed E-state index contributed by atoms with van der Waals surface area (Å²) in [6, 6.07) is 8.36. The van der Waals surface area contributed by atoms with E-state index in [4.69, 9.17) is 4.74 Å². The minimum atomic E-state index is 0.733. The van der Waals surface area contributed by atoms with Gasteiger partial charge in [-0.3, -0.25) is 0 Å². The second-order valence-corrected chi connectivity index (χ2v) is 5.19. The Hall–Kier alpha value is -0.920. The topological polar surface area (TPSA) is 39.1 Å². The Balaban J connectivity index is 2.01. The standard InChI is InChI=1S/C13H16IN3O/c1-18-6-5-15-8-11-3-2-4-13(7-11)17-10-12(14)9-16-17/h2-4,7,9-10,15H,5-6,8H2,1H3. The van der Waals surface area contributed by atoms with Gasteiger partial charge in [0, 0.05) is 26.4 Å². The Morgan fingerprint density at radius 3 is 3.06 bits per heavy atom. The van der Waals surface area contributed by atoms with Crippen molar-refractivity contribution in [3.63, 3.8) is 0 Å². The number of rotatable bonds is 6. The van der Waals surface area contributed by atoms with Crippen LogP contribution in [0.4, 0.5) is 0 Å². The molecule has 2 rings (SSSR count). The predicted molar refractivity (Wildman–Crippen MR) is 79.9 cm³/mol. The van der Waals surface area contributed by atoms with E-state index < -0.39 is 0 Å². The normalized spacial score (nSPS) is 10.8. The molecule has 0 spiro atoms. The monoisotopic (exact) mass is 357 g/mol. The molecule has 0 aliphatic carbocycles. The summed E-state index contributed by atoms with van der Waals surface area (Å²) < 4.78 is 8.02. The van der Waals surface area contributed by atoms with E-state index in [1.54, 1.807) is 7.11 Å². The van der Waals surface area contributed by atoms with Gasteiger partial charge in [0.15, 0.2) is 0 Å². The Bertz CT molecular complexity index is 498. The van der Waals surface area contributed by atoms with E-state index in [0.29, 0.717) is 0 Å². The van der Waals surface area contributed by atoms with Crippen molar-refractivity contribution >= 4 is 22.6 Å². The molecule has 1 aromatic carbocycles. The number of hydrogen-bond donors (Lipinski definition) is 1. The Morgan fingerprint density at radius 2 is 2.33 bits per heavy atom. The zero-order valence-electron chi connectivity index (χ0n) is 10.3. The molecule has 0 bridgehead atoms. The number of ether oxygens (including phenoxy) is 1. The summed E-state index contributed by atoms with van der Waals surface area (Å²) in [7, 11) is 1.71. The molecule has 1 heterocycles. The molecule has 0 fully saturated rings. The first-order valence-electron chi connectivity index (χ1n) is 5.79. The van der Waals surface area contributed by atoms with Crippen LogP contribution in [-0.4, -0.2) is 30.0 Å². The first-order chi connectivity index (χ1) is 8.79. The summed E-state index contributed by atoms with van der Waals surface area (Å²) in [5.41, 5.74) is 2.33. The number of nitrogens with one attached hydrogen (secondary N) is 1. The first kappa shape index (κ1) is 13.5. The molecule has 18 heavy (non-hydrogen) atoms. The SMILES string of the molecule is COCCNCc1cccc(-n2cc(I)cn2)c1. The van der Waals surface area contributed by atoms with Gasteiger partial charge in [0.1, 0.15) is 0 Å². The van der Waals surface area contributed by atoms with Gasteiger partial charge in [-0.2, -0.15) is 5.10 Å². The van der Waals surface area contributed by atoms with Crippen LogP contribution < -0.4 is 5.32 Å². The summed E-state index contributed by atoms with van der Waals surface area (Å²) in [5.74, 6) is 0. The molecule has 0 saturated heterocycles. The Morgan fingerprint density at radius 1 is 1.44 bits per heavy atom. The van der Waals surface area contributed by atoms with Crippen LogP contribution in [0.1, 0.15) is 5.56 Å². The lowest BCUT2D eigenvalue weighted by atomic mass is 10.2. The molecule has 5 heteroatoms. The lowest BCUT2D eigenvalue weighted by Crippen LogP contribution is -2.18. The molecule has 2 aromatic rings. The van der Waals surface area contributed by atoms with Crippen LogP contribution >= 0.6 is 22.6 Å². The van der Waals surface area contributed by atoms with Crippen LogP contribution in [0.25, 0.3) is 5.69 Å². The zero-order chi connectivity index (χ0) is 12.8. The predicted octanol–water partition coefficient (Wildman–Crippen LogP) is 2.21. The average molecular weight is 357 g/mol. The van der Waals surface area contributed by atoms with E-state index >= 15 is 0 Å². The van der Waals surface area contributed by atoms with Gasteiger partial charge in [-0.15, -0.1) is 0 Å². The Labute approximate surface area is 120 Å². The van der Waals surface area contributed by atoms with Crippen molar-refractivity contribution in [1.82, 2.24) is 15.1 Å². The molecule has 96 valence electrons. The highest BCUT2D eigenvalue weighted by molar-refractivity contribution is 14.1. The van der Waals surface area contributed by atoms with Crippen LogP contribution in [0.2, 0.25) is 0 Å². The number of aromatic nitrogens is 2. The number of hydrogen-bond acceptors (Lipinski definition) is 3. The average Bonchev–Trinajstić information content (AvgIpc) is 2.82. The van der Waals surface area contributed by atoms with Crippen LogP contribution in [0.15, 0.2) is 36.7 Å². The third-order valence-corrected chi connectivity index (χ3v) is 3.10. The molecular formula is C13H16IN3O. The van der Waals surface area contributed by atoms with Crippen molar-refractivity contribution in [2.45, 2.75) is 6.54 Å². The molecule has 1 aromatic heterocycles. The lowest BCUT2D eigenvalue weighted by Gasteiger charge is -2.07. The van der Waals surface area contributed by atoms with Gasteiger partial charge in [0.05, 0.1) is 22.1 Å². The molecule has 0 unspecified atom stereocenters. The Kier molecular flexibility index (Phi) is 5.15. The van der Waals surface area contributed by atoms with Crippen molar-refractivity contribution in [3.8, 4) is 5.69 Å². The van der Waals surface area contributed by atoms with Gasteiger partial charge in [-0.05, 0) is 40.3 Å². The van der Waals surface area contributed by atoms with Gasteiger partial charge < -0.3 is 10.1 Å². The molecular weight excluding hydrogens is 341 g/mol. The van der Waals surface area contributed by atoms with E-state index in [1.165, 1.54) is 5.56 Å². The zero-order valence-corrected chi connectivity index (χ0v) is 12.4. The molecule has 0 amide bonds. The fourth-order valence-corrected chi connectivity index (χ4v) is 2.05. The third-order valence-electron chi connectivity index (χ3n) is 2.54. The summed E-state index contributed by atoms with van der Waals surface area (Å²) in [5, 5.41) is 7.64. The number of halogens is 1. The third kappa shape index (κ3) is 3.79. The van der Waals surface area contributed by atoms with E-state index in [1.807, 2.05) is 17.1 Å². The molecule has 1 N–H and O–H groups in total. The summed E-state index contributed by atoms with van der Waals surface area (Å²) >= 11 is 2.26. The van der Waals surface area contributed by atoms with Gasteiger partial charge in [-0.25, -0.2) is 4.68 Å². The van der Waals surface area contributed by atoms with Gasteiger partial charge in [-0.1, -0.05) is 12.1 Å². The van der Waals surface area contributed by atoms with Crippen molar-refractivity contribution in [3.05, 3.63) is 45.8 Å². The van der Waals surface area contributed by atoms with Crippen LogP contribution in [-0.2, 0) is 11.3 Å². The van der Waals surface area contributed by atoms with Crippen molar-refractivity contribution in [2.24, 2.45) is 0 Å². The van der Waals surface area contributed by atoms with Crippen molar-refractivity contribution in [1.29, 1.82) is 0 Å². The van der Waals surface area contributed by atoms with Crippen LogP contribution in [0.5, 0.6) is 0 Å². The fraction of sp³-hybridized carbons (Fsp3) is 0.308. The maximum absolute atomic E-state index is 5.00. The maximum Gasteiger partial charge on any atom is 0.0649 e. The smallest absolute Gasteiger partial charge is 0.0649 e. The highest BCUT2D eigenvalue weighted by Gasteiger charge is 2.00. The largest absolute Gasteiger partial charge is 0.383 e. The van der Waals surface area contributed by atoms with Crippen molar-refractivity contribution < 1.29 is 4.74 Å². The second kappa shape index (κ2) is 6.86. The van der Waals surface area contributed by atoms with Crippen LogP contribution in [0.3, 0.4) is 0 Å². The number of methoxy groups -OCH3 is 1. The van der Waals surface area contributed by atoms with Crippen molar-refractivity contribution in [2.75, 3.05) is 20.3 Å². The number of nitrogens with zero attached hydrogens (tertiary/aromatic N) is 2. The molecule has 0 radical (unpaired) electrons. The lowest BCUT2D eigenvalue weighted by molar-refractivity contribution is 0.199. The summed E-state index contributed by atoms with van der Waals surface area (Å²) in [6.45, 7) is 2.44. The molecule has 0 saturated carbocycles. The first-order valence-corrected chi connectivity index (χ1v) is 6.86. The molecule has 0 aliphatic rings. The quantitative estimate of drug-likeness (QED) is 0.637. The highest BCUT2D eigenvalue weighted by atomic mass is 127. The second-order valence-electron chi connectivity index (χ2n) is 3.94. The minimum Gasteiger partial charge on any atom is -0.383 e. The van der Waals surface area contributed by atoms with E-state index in [0.717, 1.165) is 29.0 Å². The fourth-order valence-electron chi connectivity index (χ4n) is 1.66. The molecule has 0 atom stereocenters. The number of benzene rings is 1. The molecule has 4 nitrogen and oxygen atoms in total. The van der Waals surface area contributed by atoms with Gasteiger partial charge in [0.2, 0.25) is 0 Å². The highest BCUT2D eigenvalue weighted by Crippen LogP contribution is 2.11. The van der Waals surface area contributed by atoms with Crippen LogP contribution in [0, 0.1) is 3.57 Å². The van der Waals surface area contributed by atoms with Gasteiger partial charge >= 0.3 is 0 Å². The molecule has 0 aliphatic heterocycles. The van der Waals surface area contributed by atoms with Gasteiger partial charge in [0.25, 0.3) is 0 Å². The minimum absolute atomic E-state index is 0.733. The summed E-state index contributed by atoms with van der Waals surface area (Å²) in [6.07, 6.45) is 3.86. The summed E-state index contributed by atoms with van der Waals surface area (Å²) in [4.78, 5) is 0.